The predicted octanol–water partition coefficient (Wildman–Crippen LogP) is 4.56. The number of hydrogen-bond acceptors (Lipinski definition) is 3. The summed E-state index contributed by atoms with van der Waals surface area (Å²) in [6, 6.07) is 9.55. The van der Waals surface area contributed by atoms with Crippen molar-refractivity contribution in [3.8, 4) is 0 Å². The smallest absolute Gasteiger partial charge is 0.337 e. The highest BCUT2D eigenvalue weighted by molar-refractivity contribution is 9.10. The third-order valence-corrected chi connectivity index (χ3v) is 4.43. The lowest BCUT2D eigenvalue weighted by Crippen LogP contribution is -2.19. The molecule has 0 saturated carbocycles. The number of aromatic carboxylic acids is 1. The van der Waals surface area contributed by atoms with Crippen molar-refractivity contribution in [2.45, 2.75) is 26.3 Å². The molecule has 2 aromatic rings. The van der Waals surface area contributed by atoms with Crippen molar-refractivity contribution in [1.82, 2.24) is 0 Å². The van der Waals surface area contributed by atoms with Gasteiger partial charge in [0.05, 0.1) is 11.3 Å². The van der Waals surface area contributed by atoms with Crippen LogP contribution in [0.2, 0.25) is 0 Å². The monoisotopic (exact) mass is 353 g/mol. The molecule has 2 N–H and O–H groups in total. The molecule has 0 amide bonds. The Bertz CT molecular complexity index is 624. The van der Waals surface area contributed by atoms with Crippen LogP contribution in [0.3, 0.4) is 0 Å². The molecule has 1 atom stereocenters. The number of carboxylic acids is 1. The van der Waals surface area contributed by atoms with Gasteiger partial charge in [0, 0.05) is 26.7 Å². The summed E-state index contributed by atoms with van der Waals surface area (Å²) in [7, 11) is 0. The second-order valence-corrected chi connectivity index (χ2v) is 7.05. The second kappa shape index (κ2) is 6.41. The minimum atomic E-state index is -0.917. The molecule has 1 aromatic carbocycles. The fourth-order valence-electron chi connectivity index (χ4n) is 2.04. The number of benzene rings is 1. The van der Waals surface area contributed by atoms with E-state index in [-0.39, 0.29) is 6.04 Å². The predicted molar refractivity (Wildman–Crippen MR) is 86.9 cm³/mol. The molecular weight excluding hydrogens is 338 g/mol. The van der Waals surface area contributed by atoms with Crippen LogP contribution in [0.25, 0.3) is 0 Å². The average molecular weight is 354 g/mol. The summed E-state index contributed by atoms with van der Waals surface area (Å²) >= 11 is 5.15. The Hall–Kier alpha value is -1.33. The summed E-state index contributed by atoms with van der Waals surface area (Å²) in [6.45, 7) is 4.14. The van der Waals surface area contributed by atoms with Gasteiger partial charge >= 0.3 is 5.97 Å². The van der Waals surface area contributed by atoms with Crippen LogP contribution in [0.5, 0.6) is 0 Å². The van der Waals surface area contributed by atoms with Crippen LogP contribution >= 0.6 is 27.3 Å². The molecule has 0 aliphatic carbocycles. The zero-order valence-electron chi connectivity index (χ0n) is 11.3. The van der Waals surface area contributed by atoms with Crippen molar-refractivity contribution >= 4 is 38.9 Å². The largest absolute Gasteiger partial charge is 0.478 e. The number of hydrogen-bond donors (Lipinski definition) is 2. The number of anilines is 1. The van der Waals surface area contributed by atoms with E-state index in [0.717, 1.165) is 10.9 Å². The number of rotatable bonds is 5. The molecule has 2 rings (SSSR count). The van der Waals surface area contributed by atoms with Crippen molar-refractivity contribution in [1.29, 1.82) is 0 Å². The third kappa shape index (κ3) is 3.84. The maximum absolute atomic E-state index is 11.2. The number of carbonyl (C=O) groups is 1. The van der Waals surface area contributed by atoms with Gasteiger partial charge in [-0.15, -0.1) is 11.3 Å². The fourth-order valence-corrected chi connectivity index (χ4v) is 3.42. The number of aryl methyl sites for hydroxylation is 1. The lowest BCUT2D eigenvalue weighted by Gasteiger charge is -2.16. The molecule has 0 radical (unpaired) electrons. The van der Waals surface area contributed by atoms with Crippen LogP contribution in [0.4, 0.5) is 5.69 Å². The van der Waals surface area contributed by atoms with Crippen LogP contribution in [-0.4, -0.2) is 17.1 Å². The summed E-state index contributed by atoms with van der Waals surface area (Å²) in [5.41, 5.74) is 0.940. The van der Waals surface area contributed by atoms with Gasteiger partial charge in [-0.2, -0.15) is 0 Å². The normalized spacial score (nSPS) is 12.2. The zero-order chi connectivity index (χ0) is 14.7. The van der Waals surface area contributed by atoms with Gasteiger partial charge in [0.15, 0.2) is 0 Å². The molecule has 0 spiro atoms. The summed E-state index contributed by atoms with van der Waals surface area (Å²) in [4.78, 5) is 13.8. The SMILES string of the molecule is Cc1ccc(CC(C)Nc2cc(Br)ccc2C(=O)O)s1. The summed E-state index contributed by atoms with van der Waals surface area (Å²) in [5, 5.41) is 12.5. The molecule has 5 heteroatoms. The van der Waals surface area contributed by atoms with Gasteiger partial charge < -0.3 is 10.4 Å². The molecule has 0 saturated heterocycles. The van der Waals surface area contributed by atoms with E-state index in [1.54, 1.807) is 29.5 Å². The maximum Gasteiger partial charge on any atom is 0.337 e. The fraction of sp³-hybridized carbons (Fsp3) is 0.267. The highest BCUT2D eigenvalue weighted by Gasteiger charge is 2.13. The Morgan fingerprint density at radius 2 is 2.15 bits per heavy atom. The molecule has 0 fully saturated rings. The number of nitrogens with one attached hydrogen (secondary N) is 1. The Balaban J connectivity index is 2.12. The van der Waals surface area contributed by atoms with E-state index in [1.165, 1.54) is 9.75 Å². The highest BCUT2D eigenvalue weighted by atomic mass is 79.9. The van der Waals surface area contributed by atoms with Gasteiger partial charge in [-0.3, -0.25) is 0 Å². The average Bonchev–Trinajstić information content (AvgIpc) is 2.74. The first-order valence-corrected chi connectivity index (χ1v) is 7.91. The number of halogens is 1. The van der Waals surface area contributed by atoms with Crippen molar-refractivity contribution in [3.05, 3.63) is 50.1 Å². The molecule has 0 aliphatic heterocycles. The maximum atomic E-state index is 11.2. The molecule has 0 bridgehead atoms. The quantitative estimate of drug-likeness (QED) is 0.828. The van der Waals surface area contributed by atoms with Crippen molar-refractivity contribution in [2.75, 3.05) is 5.32 Å². The van der Waals surface area contributed by atoms with Gasteiger partial charge in [-0.05, 0) is 44.2 Å². The summed E-state index contributed by atoms with van der Waals surface area (Å²) in [6.07, 6.45) is 0.879. The van der Waals surface area contributed by atoms with Crippen LogP contribution in [0.15, 0.2) is 34.8 Å². The molecule has 20 heavy (non-hydrogen) atoms. The van der Waals surface area contributed by atoms with E-state index in [9.17, 15) is 9.90 Å². The molecule has 106 valence electrons. The Morgan fingerprint density at radius 3 is 2.75 bits per heavy atom. The van der Waals surface area contributed by atoms with Gasteiger partial charge in [0.1, 0.15) is 0 Å². The first-order chi connectivity index (χ1) is 9.45. The van der Waals surface area contributed by atoms with Gasteiger partial charge in [-0.1, -0.05) is 15.9 Å². The van der Waals surface area contributed by atoms with Crippen LogP contribution < -0.4 is 5.32 Å². The third-order valence-electron chi connectivity index (χ3n) is 2.92. The number of thiophene rings is 1. The van der Waals surface area contributed by atoms with Crippen LogP contribution in [-0.2, 0) is 6.42 Å². The molecule has 1 aromatic heterocycles. The summed E-state index contributed by atoms with van der Waals surface area (Å²) < 4.78 is 0.865. The Kier molecular flexibility index (Phi) is 4.83. The van der Waals surface area contributed by atoms with Gasteiger partial charge in [0.2, 0.25) is 0 Å². The van der Waals surface area contributed by atoms with E-state index in [4.69, 9.17) is 0 Å². The Labute approximate surface area is 130 Å². The van der Waals surface area contributed by atoms with Gasteiger partial charge in [-0.25, -0.2) is 4.79 Å². The first-order valence-electron chi connectivity index (χ1n) is 6.30. The number of carboxylic acid groups (broad SMARTS) is 1. The molecule has 1 unspecified atom stereocenters. The second-order valence-electron chi connectivity index (χ2n) is 4.76. The van der Waals surface area contributed by atoms with Crippen molar-refractivity contribution in [3.63, 3.8) is 0 Å². The van der Waals surface area contributed by atoms with Gasteiger partial charge in [0.25, 0.3) is 0 Å². The van der Waals surface area contributed by atoms with Crippen molar-refractivity contribution < 1.29 is 9.90 Å². The molecule has 3 nitrogen and oxygen atoms in total. The topological polar surface area (TPSA) is 49.3 Å². The highest BCUT2D eigenvalue weighted by Crippen LogP contribution is 2.24. The molecular formula is C15H16BrNO2S. The molecule has 0 aliphatic rings. The van der Waals surface area contributed by atoms with E-state index < -0.39 is 5.97 Å². The minimum absolute atomic E-state index is 0.167. The van der Waals surface area contributed by atoms with Crippen molar-refractivity contribution in [2.24, 2.45) is 0 Å². The zero-order valence-corrected chi connectivity index (χ0v) is 13.7. The van der Waals surface area contributed by atoms with Crippen LogP contribution in [0, 0.1) is 6.92 Å². The van der Waals surface area contributed by atoms with E-state index in [1.807, 2.05) is 0 Å². The van der Waals surface area contributed by atoms with E-state index >= 15 is 0 Å². The van der Waals surface area contributed by atoms with E-state index in [0.29, 0.717) is 11.3 Å². The van der Waals surface area contributed by atoms with Crippen LogP contribution in [0.1, 0.15) is 27.0 Å². The minimum Gasteiger partial charge on any atom is -0.478 e. The summed E-state index contributed by atoms with van der Waals surface area (Å²) in [5.74, 6) is -0.917. The lowest BCUT2D eigenvalue weighted by atomic mass is 10.1. The standard InChI is InChI=1S/C15H16BrNO2S/c1-9(7-12-5-3-10(2)20-12)17-14-8-11(16)4-6-13(14)15(18)19/h3-6,8-9,17H,7H2,1-2H3,(H,18,19). The lowest BCUT2D eigenvalue weighted by molar-refractivity contribution is 0.0698. The molecule has 1 heterocycles. The Morgan fingerprint density at radius 1 is 1.40 bits per heavy atom. The van der Waals surface area contributed by atoms with E-state index in [2.05, 4.69) is 47.2 Å². The first kappa shape index (κ1) is 15.1.